The highest BCUT2D eigenvalue weighted by atomic mass is 35.5. The molecule has 1 aromatic heterocycles. The molecule has 0 radical (unpaired) electrons. The fraction of sp³-hybridized carbons (Fsp3) is 0.562. The number of nitrogens with zero attached hydrogens (tertiary/aromatic N) is 2. The van der Waals surface area contributed by atoms with Crippen molar-refractivity contribution in [2.75, 3.05) is 13.1 Å². The summed E-state index contributed by atoms with van der Waals surface area (Å²) in [5.41, 5.74) is 2.35. The van der Waals surface area contributed by atoms with Gasteiger partial charge in [0.05, 0.1) is 11.0 Å². The molecule has 0 saturated carbocycles. The Kier molecular flexibility index (Phi) is 3.51. The second-order valence-electron chi connectivity index (χ2n) is 6.05. The maximum Gasteiger partial charge on any atom is 0.117 e. The third-order valence-corrected chi connectivity index (χ3v) is 5.00. The van der Waals surface area contributed by atoms with Crippen molar-refractivity contribution in [3.8, 4) is 0 Å². The fourth-order valence-electron chi connectivity index (χ4n) is 3.45. The zero-order valence-electron chi connectivity index (χ0n) is 12.4. The van der Waals surface area contributed by atoms with Crippen molar-refractivity contribution >= 4 is 22.6 Å². The molecule has 2 aromatic rings. The number of fused-ring (bicyclic) bond motifs is 1. The molecule has 0 spiro atoms. The molecule has 1 aliphatic rings. The van der Waals surface area contributed by atoms with Crippen LogP contribution in [0.3, 0.4) is 0 Å². The van der Waals surface area contributed by atoms with Crippen molar-refractivity contribution in [2.24, 2.45) is 5.92 Å². The average molecular weight is 292 g/mol. The Morgan fingerprint density at radius 1 is 1.45 bits per heavy atom. The lowest BCUT2D eigenvalue weighted by Crippen LogP contribution is -2.37. The second-order valence-corrected chi connectivity index (χ2v) is 6.49. The molecule has 1 atom stereocenters. The van der Waals surface area contributed by atoms with Gasteiger partial charge in [0, 0.05) is 23.5 Å². The summed E-state index contributed by atoms with van der Waals surface area (Å²) in [6.07, 6.45) is 1.15. The molecule has 4 heteroatoms. The minimum Gasteiger partial charge on any atom is -0.328 e. The highest BCUT2D eigenvalue weighted by molar-refractivity contribution is 6.31. The Hall–Kier alpha value is -1.06. The van der Waals surface area contributed by atoms with Crippen LogP contribution in [0.4, 0.5) is 0 Å². The second kappa shape index (κ2) is 5.05. The summed E-state index contributed by atoms with van der Waals surface area (Å²) in [6.45, 7) is 9.81. The van der Waals surface area contributed by atoms with Crippen LogP contribution in [0.1, 0.15) is 33.0 Å². The maximum absolute atomic E-state index is 6.16. The van der Waals surface area contributed by atoms with Gasteiger partial charge in [-0.25, -0.2) is 4.98 Å². The van der Waals surface area contributed by atoms with Crippen molar-refractivity contribution in [3.63, 3.8) is 0 Å². The van der Waals surface area contributed by atoms with Gasteiger partial charge in [0.2, 0.25) is 0 Å². The summed E-state index contributed by atoms with van der Waals surface area (Å²) in [5.74, 6) is 1.78. The van der Waals surface area contributed by atoms with Gasteiger partial charge in [-0.1, -0.05) is 25.4 Å². The van der Waals surface area contributed by atoms with E-state index in [1.165, 1.54) is 5.82 Å². The van der Waals surface area contributed by atoms with E-state index in [1.807, 2.05) is 18.2 Å². The molecule has 1 saturated heterocycles. The lowest BCUT2D eigenvalue weighted by molar-refractivity contribution is 0.308. The molecular weight excluding hydrogens is 270 g/mol. The van der Waals surface area contributed by atoms with E-state index < -0.39 is 0 Å². The molecule has 108 valence electrons. The molecule has 1 fully saturated rings. The van der Waals surface area contributed by atoms with Gasteiger partial charge in [-0.05, 0) is 44.0 Å². The summed E-state index contributed by atoms with van der Waals surface area (Å²) in [4.78, 5) is 4.96. The molecule has 0 amide bonds. The molecule has 0 aliphatic carbocycles. The maximum atomic E-state index is 6.16. The van der Waals surface area contributed by atoms with Crippen molar-refractivity contribution in [3.05, 3.63) is 29.0 Å². The minimum atomic E-state index is 0.140. The lowest BCUT2D eigenvalue weighted by atomic mass is 9.75. The zero-order valence-corrected chi connectivity index (χ0v) is 13.2. The first-order valence-electron chi connectivity index (χ1n) is 7.45. The SMILES string of the molecule is CCn1c(C2(C(C)C)CCNC2)nc2ccc(Cl)cc21. The normalized spacial score (nSPS) is 23.1. The van der Waals surface area contributed by atoms with Crippen LogP contribution in [0.5, 0.6) is 0 Å². The van der Waals surface area contributed by atoms with E-state index in [-0.39, 0.29) is 5.41 Å². The lowest BCUT2D eigenvalue weighted by Gasteiger charge is -2.32. The van der Waals surface area contributed by atoms with Crippen LogP contribution < -0.4 is 5.32 Å². The van der Waals surface area contributed by atoms with Gasteiger partial charge < -0.3 is 9.88 Å². The smallest absolute Gasteiger partial charge is 0.117 e. The van der Waals surface area contributed by atoms with Crippen LogP contribution in [-0.4, -0.2) is 22.6 Å². The Balaban J connectivity index is 2.24. The Bertz CT molecular complexity index is 624. The quantitative estimate of drug-likeness (QED) is 0.936. The van der Waals surface area contributed by atoms with E-state index in [0.717, 1.165) is 42.1 Å². The summed E-state index contributed by atoms with van der Waals surface area (Å²) in [6, 6.07) is 5.99. The largest absolute Gasteiger partial charge is 0.328 e. The molecular formula is C16H22ClN3. The van der Waals surface area contributed by atoms with E-state index in [1.54, 1.807) is 0 Å². The number of nitrogens with one attached hydrogen (secondary N) is 1. The average Bonchev–Trinajstić information content (AvgIpc) is 3.02. The van der Waals surface area contributed by atoms with Crippen LogP contribution in [0.2, 0.25) is 5.02 Å². The number of hydrogen-bond donors (Lipinski definition) is 1. The van der Waals surface area contributed by atoms with E-state index in [4.69, 9.17) is 16.6 Å². The van der Waals surface area contributed by atoms with E-state index in [0.29, 0.717) is 5.92 Å². The van der Waals surface area contributed by atoms with Gasteiger partial charge >= 0.3 is 0 Å². The first kappa shape index (κ1) is 13.9. The molecule has 1 aromatic carbocycles. The number of rotatable bonds is 3. The highest BCUT2D eigenvalue weighted by Gasteiger charge is 2.42. The first-order chi connectivity index (χ1) is 9.58. The number of halogens is 1. The number of hydrogen-bond acceptors (Lipinski definition) is 2. The first-order valence-corrected chi connectivity index (χ1v) is 7.83. The third kappa shape index (κ3) is 1.95. The van der Waals surface area contributed by atoms with Crippen molar-refractivity contribution in [1.29, 1.82) is 0 Å². The Morgan fingerprint density at radius 3 is 2.85 bits per heavy atom. The highest BCUT2D eigenvalue weighted by Crippen LogP contribution is 2.39. The number of benzene rings is 1. The standard InChI is InChI=1S/C16H22ClN3/c1-4-20-14-9-12(17)5-6-13(14)19-15(20)16(11(2)3)7-8-18-10-16/h5-6,9,11,18H,4,7-8,10H2,1-3H3. The van der Waals surface area contributed by atoms with Crippen molar-refractivity contribution in [2.45, 2.75) is 39.2 Å². The fourth-order valence-corrected chi connectivity index (χ4v) is 3.62. The van der Waals surface area contributed by atoms with Gasteiger partial charge in [0.15, 0.2) is 0 Å². The molecule has 20 heavy (non-hydrogen) atoms. The summed E-state index contributed by atoms with van der Waals surface area (Å²) in [7, 11) is 0. The summed E-state index contributed by atoms with van der Waals surface area (Å²) >= 11 is 6.16. The molecule has 3 nitrogen and oxygen atoms in total. The van der Waals surface area contributed by atoms with E-state index >= 15 is 0 Å². The van der Waals surface area contributed by atoms with E-state index in [2.05, 4.69) is 30.7 Å². The van der Waals surface area contributed by atoms with Crippen LogP contribution in [0.25, 0.3) is 11.0 Å². The van der Waals surface area contributed by atoms with Crippen LogP contribution in [-0.2, 0) is 12.0 Å². The minimum absolute atomic E-state index is 0.140. The Morgan fingerprint density at radius 2 is 2.25 bits per heavy atom. The Labute approximate surface area is 125 Å². The van der Waals surface area contributed by atoms with E-state index in [9.17, 15) is 0 Å². The molecule has 1 aliphatic heterocycles. The zero-order chi connectivity index (χ0) is 14.3. The van der Waals surface area contributed by atoms with Crippen LogP contribution >= 0.6 is 11.6 Å². The number of imidazole rings is 1. The van der Waals surface area contributed by atoms with Crippen molar-refractivity contribution < 1.29 is 0 Å². The summed E-state index contributed by atoms with van der Waals surface area (Å²) < 4.78 is 2.34. The third-order valence-electron chi connectivity index (χ3n) is 4.77. The molecule has 1 unspecified atom stereocenters. The van der Waals surface area contributed by atoms with Gasteiger partial charge in [0.1, 0.15) is 5.82 Å². The molecule has 0 bridgehead atoms. The molecule has 1 N–H and O–H groups in total. The molecule has 2 heterocycles. The predicted molar refractivity (Wildman–Crippen MR) is 84.4 cm³/mol. The van der Waals surface area contributed by atoms with Gasteiger partial charge in [-0.2, -0.15) is 0 Å². The van der Waals surface area contributed by atoms with Gasteiger partial charge in [-0.15, -0.1) is 0 Å². The number of aryl methyl sites for hydroxylation is 1. The van der Waals surface area contributed by atoms with Gasteiger partial charge in [-0.3, -0.25) is 0 Å². The van der Waals surface area contributed by atoms with Crippen LogP contribution in [0.15, 0.2) is 18.2 Å². The summed E-state index contributed by atoms with van der Waals surface area (Å²) in [5, 5.41) is 4.30. The monoisotopic (exact) mass is 291 g/mol. The topological polar surface area (TPSA) is 29.9 Å². The van der Waals surface area contributed by atoms with Crippen molar-refractivity contribution in [1.82, 2.24) is 14.9 Å². The van der Waals surface area contributed by atoms with Gasteiger partial charge in [0.25, 0.3) is 0 Å². The number of aromatic nitrogens is 2. The molecule has 3 rings (SSSR count). The van der Waals surface area contributed by atoms with Crippen LogP contribution in [0, 0.1) is 5.92 Å². The predicted octanol–water partition coefficient (Wildman–Crippen LogP) is 3.60.